The number of nitrogens with one attached hydrogen (secondary N) is 2. The second-order valence-corrected chi connectivity index (χ2v) is 6.67. The molecular formula is C13H17N3O4S. The zero-order chi connectivity index (χ0) is 15.6. The number of carboxylic acids is 1. The third-order valence-electron chi connectivity index (χ3n) is 3.04. The summed E-state index contributed by atoms with van der Waals surface area (Å²) in [7, 11) is -3.69. The number of aliphatic imine (C=N–C) groups is 1. The van der Waals surface area contributed by atoms with Gasteiger partial charge < -0.3 is 10.4 Å². The lowest BCUT2D eigenvalue weighted by Crippen LogP contribution is -2.41. The van der Waals surface area contributed by atoms with Crippen molar-refractivity contribution in [2.45, 2.75) is 31.1 Å². The highest BCUT2D eigenvalue weighted by Crippen LogP contribution is 2.28. The number of anilines is 1. The van der Waals surface area contributed by atoms with Crippen molar-refractivity contribution in [1.29, 1.82) is 0 Å². The normalized spacial score (nSPS) is 18.0. The van der Waals surface area contributed by atoms with Crippen LogP contribution in [0.2, 0.25) is 0 Å². The first-order chi connectivity index (χ1) is 9.79. The van der Waals surface area contributed by atoms with Gasteiger partial charge in [0.2, 0.25) is 5.96 Å². The molecule has 1 aliphatic rings. The molecule has 7 nitrogen and oxygen atoms in total. The summed E-state index contributed by atoms with van der Waals surface area (Å²) in [5, 5.41) is 11.4. The maximum atomic E-state index is 12.2. The molecule has 0 radical (unpaired) electrons. The standard InChI is InChI=1S/C13H17N3O4S/c1-8(2)9-3-4-10-11(7-9)21(19,20)16-13(15-10)14-6-5-12(17)18/h3-4,7-8H,5-6H2,1-2H3,(H,17,18)(H2,14,15,16). The summed E-state index contributed by atoms with van der Waals surface area (Å²) < 4.78 is 26.7. The number of fused-ring (bicyclic) bond motifs is 1. The van der Waals surface area contributed by atoms with Crippen molar-refractivity contribution in [2.75, 3.05) is 11.9 Å². The lowest BCUT2D eigenvalue weighted by Gasteiger charge is -2.22. The molecule has 0 aliphatic carbocycles. The summed E-state index contributed by atoms with van der Waals surface area (Å²) in [5.74, 6) is -0.725. The second-order valence-electron chi connectivity index (χ2n) is 5.01. The van der Waals surface area contributed by atoms with Gasteiger partial charge in [-0.2, -0.15) is 0 Å². The van der Waals surface area contributed by atoms with Crippen LogP contribution in [0.25, 0.3) is 0 Å². The van der Waals surface area contributed by atoms with Gasteiger partial charge in [0.1, 0.15) is 4.90 Å². The van der Waals surface area contributed by atoms with Gasteiger partial charge in [-0.1, -0.05) is 19.9 Å². The Kier molecular flexibility index (Phi) is 4.17. The molecular weight excluding hydrogens is 294 g/mol. The third kappa shape index (κ3) is 3.52. The molecule has 8 heteroatoms. The van der Waals surface area contributed by atoms with Gasteiger partial charge in [0.15, 0.2) is 0 Å². The van der Waals surface area contributed by atoms with E-state index >= 15 is 0 Å². The van der Waals surface area contributed by atoms with Crippen molar-refractivity contribution in [2.24, 2.45) is 4.99 Å². The van der Waals surface area contributed by atoms with Crippen LogP contribution in [0.4, 0.5) is 5.69 Å². The fourth-order valence-corrected chi connectivity index (χ4v) is 3.07. The summed E-state index contributed by atoms with van der Waals surface area (Å²) in [6.07, 6.45) is -0.161. The van der Waals surface area contributed by atoms with Gasteiger partial charge in [-0.3, -0.25) is 9.79 Å². The molecule has 0 atom stereocenters. The van der Waals surface area contributed by atoms with Crippen molar-refractivity contribution < 1.29 is 18.3 Å². The average Bonchev–Trinajstić information content (AvgIpc) is 2.37. The SMILES string of the molecule is CC(C)c1ccc2c(c1)S(=O)(=O)NC(=NCCC(=O)O)N2. The van der Waals surface area contributed by atoms with E-state index in [0.717, 1.165) is 5.56 Å². The van der Waals surface area contributed by atoms with Crippen LogP contribution in [0.3, 0.4) is 0 Å². The Morgan fingerprint density at radius 1 is 1.38 bits per heavy atom. The van der Waals surface area contributed by atoms with Gasteiger partial charge in [-0.15, -0.1) is 0 Å². The van der Waals surface area contributed by atoms with E-state index in [-0.39, 0.29) is 29.7 Å². The Bertz CT molecular complexity index is 695. The molecule has 2 rings (SSSR count). The van der Waals surface area contributed by atoms with Crippen LogP contribution in [0.15, 0.2) is 28.1 Å². The highest BCUT2D eigenvalue weighted by molar-refractivity contribution is 7.90. The summed E-state index contributed by atoms with van der Waals surface area (Å²) in [5.41, 5.74) is 1.36. The average molecular weight is 311 g/mol. The van der Waals surface area contributed by atoms with E-state index in [2.05, 4.69) is 15.0 Å². The van der Waals surface area contributed by atoms with E-state index in [0.29, 0.717) is 5.69 Å². The summed E-state index contributed by atoms with van der Waals surface area (Å²) in [6, 6.07) is 5.17. The van der Waals surface area contributed by atoms with E-state index in [1.54, 1.807) is 12.1 Å². The van der Waals surface area contributed by atoms with Crippen LogP contribution in [0.1, 0.15) is 31.7 Å². The molecule has 0 fully saturated rings. The number of benzene rings is 1. The van der Waals surface area contributed by atoms with Crippen LogP contribution in [-0.2, 0) is 14.8 Å². The van der Waals surface area contributed by atoms with Gasteiger partial charge in [0.05, 0.1) is 18.7 Å². The van der Waals surface area contributed by atoms with E-state index in [1.165, 1.54) is 0 Å². The molecule has 114 valence electrons. The number of aliphatic carboxylic acids is 1. The zero-order valence-corrected chi connectivity index (χ0v) is 12.6. The summed E-state index contributed by atoms with van der Waals surface area (Å²) >= 11 is 0. The number of carboxylic acid groups (broad SMARTS) is 1. The molecule has 1 aliphatic heterocycles. The first-order valence-electron chi connectivity index (χ1n) is 6.49. The number of guanidine groups is 1. The number of carbonyl (C=O) groups is 1. The minimum atomic E-state index is -3.69. The minimum absolute atomic E-state index is 0.000399. The predicted octanol–water partition coefficient (Wildman–Crippen LogP) is 1.34. The van der Waals surface area contributed by atoms with Crippen molar-refractivity contribution >= 4 is 27.6 Å². The van der Waals surface area contributed by atoms with Gasteiger partial charge in [0.25, 0.3) is 10.0 Å². The van der Waals surface area contributed by atoms with Gasteiger partial charge in [-0.25, -0.2) is 13.1 Å². The molecule has 1 aromatic carbocycles. The summed E-state index contributed by atoms with van der Waals surface area (Å²) in [4.78, 5) is 14.5. The Hall–Kier alpha value is -2.09. The highest BCUT2D eigenvalue weighted by Gasteiger charge is 2.27. The van der Waals surface area contributed by atoms with Crippen molar-refractivity contribution in [3.8, 4) is 0 Å². The van der Waals surface area contributed by atoms with E-state index < -0.39 is 16.0 Å². The molecule has 0 saturated heterocycles. The van der Waals surface area contributed by atoms with Gasteiger partial charge >= 0.3 is 5.97 Å². The van der Waals surface area contributed by atoms with Crippen LogP contribution in [-0.4, -0.2) is 32.0 Å². The monoisotopic (exact) mass is 311 g/mol. The lowest BCUT2D eigenvalue weighted by molar-refractivity contribution is -0.136. The van der Waals surface area contributed by atoms with Crippen molar-refractivity contribution in [3.63, 3.8) is 0 Å². The van der Waals surface area contributed by atoms with Crippen LogP contribution in [0, 0.1) is 0 Å². The number of nitrogens with zero attached hydrogens (tertiary/aromatic N) is 1. The Labute approximate surface area is 123 Å². The second kappa shape index (κ2) is 5.72. The van der Waals surface area contributed by atoms with Gasteiger partial charge in [-0.05, 0) is 23.6 Å². The van der Waals surface area contributed by atoms with E-state index in [1.807, 2.05) is 19.9 Å². The third-order valence-corrected chi connectivity index (χ3v) is 4.42. The minimum Gasteiger partial charge on any atom is -0.481 e. The van der Waals surface area contributed by atoms with Crippen molar-refractivity contribution in [3.05, 3.63) is 23.8 Å². The maximum absolute atomic E-state index is 12.2. The molecule has 0 bridgehead atoms. The molecule has 1 aromatic rings. The first-order valence-corrected chi connectivity index (χ1v) is 7.98. The molecule has 3 N–H and O–H groups in total. The van der Waals surface area contributed by atoms with E-state index in [4.69, 9.17) is 5.11 Å². The fourth-order valence-electron chi connectivity index (χ4n) is 1.89. The molecule has 0 amide bonds. The molecule has 0 unspecified atom stereocenters. The predicted molar refractivity (Wildman–Crippen MR) is 79.0 cm³/mol. The van der Waals surface area contributed by atoms with E-state index in [9.17, 15) is 13.2 Å². The quantitative estimate of drug-likeness (QED) is 0.778. The van der Waals surface area contributed by atoms with Crippen LogP contribution in [0.5, 0.6) is 0 Å². The van der Waals surface area contributed by atoms with Crippen molar-refractivity contribution in [1.82, 2.24) is 4.72 Å². The topological polar surface area (TPSA) is 108 Å². The molecule has 0 spiro atoms. The molecule has 21 heavy (non-hydrogen) atoms. The fraction of sp³-hybridized carbons (Fsp3) is 0.385. The summed E-state index contributed by atoms with van der Waals surface area (Å²) in [6.45, 7) is 3.97. The number of hydrogen-bond donors (Lipinski definition) is 3. The zero-order valence-electron chi connectivity index (χ0n) is 11.8. The Balaban J connectivity index is 2.31. The largest absolute Gasteiger partial charge is 0.481 e. The first kappa shape index (κ1) is 15.3. The highest BCUT2D eigenvalue weighted by atomic mass is 32.2. The van der Waals surface area contributed by atoms with Crippen LogP contribution < -0.4 is 10.0 Å². The number of hydrogen-bond acceptors (Lipinski definition) is 4. The molecule has 1 heterocycles. The Morgan fingerprint density at radius 3 is 2.71 bits per heavy atom. The Morgan fingerprint density at radius 2 is 2.10 bits per heavy atom. The molecule has 0 aromatic heterocycles. The number of sulfonamides is 1. The lowest BCUT2D eigenvalue weighted by atomic mass is 10.0. The van der Waals surface area contributed by atoms with Crippen LogP contribution >= 0.6 is 0 Å². The molecule has 0 saturated carbocycles. The number of rotatable bonds is 4. The maximum Gasteiger partial charge on any atom is 0.305 e. The smallest absolute Gasteiger partial charge is 0.305 e. The van der Waals surface area contributed by atoms with Gasteiger partial charge in [0, 0.05) is 0 Å².